The van der Waals surface area contributed by atoms with Crippen LogP contribution in [0.15, 0.2) is 18.2 Å². The molecular weight excluding hydrogens is 385 g/mol. The SMILES string of the molecule is CC(C)c1c(O)ccc(Cc2c(Cl)cc(NCC(N)=O)c(F)c2Cl)c1F. The van der Waals surface area contributed by atoms with E-state index in [1.165, 1.54) is 18.2 Å². The van der Waals surface area contributed by atoms with Gasteiger partial charge in [0.1, 0.15) is 11.6 Å². The number of carbonyl (C=O) groups excluding carboxylic acids is 1. The first-order valence-electron chi connectivity index (χ1n) is 7.82. The van der Waals surface area contributed by atoms with Crippen LogP contribution in [0.3, 0.4) is 0 Å². The summed E-state index contributed by atoms with van der Waals surface area (Å²) in [6, 6.07) is 4.05. The Kier molecular flexibility index (Phi) is 6.31. The van der Waals surface area contributed by atoms with Crippen LogP contribution in [-0.2, 0) is 11.2 Å². The van der Waals surface area contributed by atoms with Crippen molar-refractivity contribution in [2.24, 2.45) is 5.73 Å². The summed E-state index contributed by atoms with van der Waals surface area (Å²) in [6.07, 6.45) is -0.0590. The second-order valence-corrected chi connectivity index (χ2v) is 6.92. The van der Waals surface area contributed by atoms with Crippen LogP contribution in [0.2, 0.25) is 10.0 Å². The number of amides is 1. The highest BCUT2D eigenvalue weighted by molar-refractivity contribution is 6.36. The van der Waals surface area contributed by atoms with Gasteiger partial charge in [0.2, 0.25) is 5.91 Å². The normalized spacial score (nSPS) is 11.0. The van der Waals surface area contributed by atoms with E-state index in [0.717, 1.165) is 0 Å². The molecule has 0 bridgehead atoms. The monoisotopic (exact) mass is 402 g/mol. The van der Waals surface area contributed by atoms with Gasteiger partial charge >= 0.3 is 0 Å². The van der Waals surface area contributed by atoms with Gasteiger partial charge in [-0.05, 0) is 29.2 Å². The average molecular weight is 403 g/mol. The van der Waals surface area contributed by atoms with Crippen molar-refractivity contribution in [3.8, 4) is 5.75 Å². The number of aromatic hydroxyl groups is 1. The Morgan fingerprint density at radius 3 is 2.50 bits per heavy atom. The molecule has 0 unspecified atom stereocenters. The van der Waals surface area contributed by atoms with Crippen LogP contribution < -0.4 is 11.1 Å². The van der Waals surface area contributed by atoms with Gasteiger partial charge in [-0.15, -0.1) is 0 Å². The number of anilines is 1. The number of phenols is 1. The zero-order valence-corrected chi connectivity index (χ0v) is 15.7. The van der Waals surface area contributed by atoms with E-state index in [0.29, 0.717) is 0 Å². The molecule has 2 aromatic carbocycles. The summed E-state index contributed by atoms with van der Waals surface area (Å²) in [5.74, 6) is -2.44. The summed E-state index contributed by atoms with van der Waals surface area (Å²) in [5, 5.41) is 12.2. The van der Waals surface area contributed by atoms with Crippen molar-refractivity contribution in [3.63, 3.8) is 0 Å². The lowest BCUT2D eigenvalue weighted by molar-refractivity contribution is -0.116. The third-order valence-corrected chi connectivity index (χ3v) is 4.62. The van der Waals surface area contributed by atoms with Crippen molar-refractivity contribution < 1.29 is 18.7 Å². The molecule has 0 saturated heterocycles. The molecule has 1 amide bonds. The molecular formula is C18H18Cl2F2N2O2. The maximum atomic E-state index is 14.7. The van der Waals surface area contributed by atoms with Crippen LogP contribution in [-0.4, -0.2) is 17.6 Å². The predicted molar refractivity (Wildman–Crippen MR) is 99.1 cm³/mol. The second kappa shape index (κ2) is 8.10. The maximum absolute atomic E-state index is 14.7. The fraction of sp³-hybridized carbons (Fsp3) is 0.278. The van der Waals surface area contributed by atoms with E-state index in [4.69, 9.17) is 28.9 Å². The summed E-state index contributed by atoms with van der Waals surface area (Å²) >= 11 is 12.2. The predicted octanol–water partition coefficient (Wildman–Crippen LogP) is 4.59. The van der Waals surface area contributed by atoms with Crippen molar-refractivity contribution in [2.45, 2.75) is 26.2 Å². The Bertz CT molecular complexity index is 858. The Balaban J connectivity index is 2.44. The Labute approximate surface area is 159 Å². The van der Waals surface area contributed by atoms with Gasteiger partial charge in [-0.1, -0.05) is 43.1 Å². The van der Waals surface area contributed by atoms with E-state index in [-0.39, 0.29) is 57.1 Å². The third kappa shape index (κ3) is 4.19. The summed E-state index contributed by atoms with van der Waals surface area (Å²) in [4.78, 5) is 10.8. The van der Waals surface area contributed by atoms with E-state index in [1.54, 1.807) is 13.8 Å². The van der Waals surface area contributed by atoms with Crippen LogP contribution in [0.1, 0.15) is 36.5 Å². The molecule has 0 spiro atoms. The molecule has 0 atom stereocenters. The minimum atomic E-state index is -0.810. The molecule has 2 rings (SSSR count). The lowest BCUT2D eigenvalue weighted by atomic mass is 9.95. The molecule has 0 heterocycles. The largest absolute Gasteiger partial charge is 0.508 e. The quantitative estimate of drug-likeness (QED) is 0.618. The number of hydrogen-bond acceptors (Lipinski definition) is 3. The van der Waals surface area contributed by atoms with Crippen LogP contribution in [0.5, 0.6) is 5.75 Å². The van der Waals surface area contributed by atoms with Gasteiger partial charge in [0.15, 0.2) is 5.82 Å². The standard InChI is InChI=1S/C18H18Cl2F2N2O2/c1-8(2)15-13(25)4-3-9(17(15)21)5-10-11(19)6-12(18(22)16(10)20)24-7-14(23)26/h3-4,6,8,24-25H,5,7H2,1-2H3,(H2,23,26). The first-order valence-corrected chi connectivity index (χ1v) is 8.57. The maximum Gasteiger partial charge on any atom is 0.236 e. The number of phenolic OH excluding ortho intramolecular Hbond substituents is 1. The molecule has 2 aromatic rings. The van der Waals surface area contributed by atoms with Crippen LogP contribution in [0, 0.1) is 11.6 Å². The van der Waals surface area contributed by atoms with Gasteiger partial charge < -0.3 is 16.2 Å². The first kappa shape index (κ1) is 20.3. The fourth-order valence-corrected chi connectivity index (χ4v) is 3.20. The van der Waals surface area contributed by atoms with Crippen LogP contribution in [0.4, 0.5) is 14.5 Å². The molecule has 0 radical (unpaired) electrons. The van der Waals surface area contributed by atoms with Crippen molar-refractivity contribution >= 4 is 34.8 Å². The van der Waals surface area contributed by atoms with Gasteiger partial charge in [0, 0.05) is 17.0 Å². The fourth-order valence-electron chi connectivity index (χ4n) is 2.61. The molecule has 0 aliphatic carbocycles. The van der Waals surface area contributed by atoms with Gasteiger partial charge in [-0.2, -0.15) is 0 Å². The molecule has 140 valence electrons. The Morgan fingerprint density at radius 1 is 1.27 bits per heavy atom. The number of primary amides is 1. The van der Waals surface area contributed by atoms with Gasteiger partial charge in [-0.3, -0.25) is 4.79 Å². The smallest absolute Gasteiger partial charge is 0.236 e. The highest BCUT2D eigenvalue weighted by Crippen LogP contribution is 2.37. The van der Waals surface area contributed by atoms with Crippen molar-refractivity contribution in [3.05, 3.63) is 56.6 Å². The Hall–Kier alpha value is -2.05. The lowest BCUT2D eigenvalue weighted by Crippen LogP contribution is -2.22. The minimum absolute atomic E-state index is 0.0590. The molecule has 0 saturated carbocycles. The summed E-state index contributed by atoms with van der Waals surface area (Å²) < 4.78 is 29.1. The molecule has 4 N–H and O–H groups in total. The molecule has 0 fully saturated rings. The number of benzene rings is 2. The van der Waals surface area contributed by atoms with Gasteiger partial charge in [0.05, 0.1) is 17.3 Å². The van der Waals surface area contributed by atoms with E-state index in [9.17, 15) is 18.7 Å². The zero-order valence-electron chi connectivity index (χ0n) is 14.2. The van der Waals surface area contributed by atoms with E-state index in [2.05, 4.69) is 5.32 Å². The summed E-state index contributed by atoms with van der Waals surface area (Å²) in [6.45, 7) is 3.22. The highest BCUT2D eigenvalue weighted by atomic mass is 35.5. The summed E-state index contributed by atoms with van der Waals surface area (Å²) in [5.41, 5.74) is 5.55. The van der Waals surface area contributed by atoms with Crippen LogP contribution in [0.25, 0.3) is 0 Å². The molecule has 0 aromatic heterocycles. The third-order valence-electron chi connectivity index (χ3n) is 3.89. The van der Waals surface area contributed by atoms with Gasteiger partial charge in [-0.25, -0.2) is 8.78 Å². The number of nitrogens with one attached hydrogen (secondary N) is 1. The van der Waals surface area contributed by atoms with Crippen LogP contribution >= 0.6 is 23.2 Å². The van der Waals surface area contributed by atoms with E-state index in [1.807, 2.05) is 0 Å². The number of carbonyl (C=O) groups is 1. The Morgan fingerprint density at radius 2 is 1.92 bits per heavy atom. The zero-order chi connectivity index (χ0) is 19.6. The molecule has 0 aliphatic rings. The number of rotatable bonds is 6. The molecule has 8 heteroatoms. The van der Waals surface area contributed by atoms with E-state index >= 15 is 0 Å². The number of hydrogen-bond donors (Lipinski definition) is 3. The molecule has 0 aliphatic heterocycles. The minimum Gasteiger partial charge on any atom is -0.508 e. The summed E-state index contributed by atoms with van der Waals surface area (Å²) in [7, 11) is 0. The van der Waals surface area contributed by atoms with E-state index < -0.39 is 17.5 Å². The average Bonchev–Trinajstić information content (AvgIpc) is 2.55. The highest BCUT2D eigenvalue weighted by Gasteiger charge is 2.21. The van der Waals surface area contributed by atoms with Crippen molar-refractivity contribution in [2.75, 3.05) is 11.9 Å². The lowest BCUT2D eigenvalue weighted by Gasteiger charge is -2.16. The second-order valence-electron chi connectivity index (χ2n) is 6.14. The van der Waals surface area contributed by atoms with Crippen molar-refractivity contribution in [1.29, 1.82) is 0 Å². The van der Waals surface area contributed by atoms with Crippen molar-refractivity contribution in [1.82, 2.24) is 0 Å². The molecule has 4 nitrogen and oxygen atoms in total. The first-order chi connectivity index (χ1) is 12.1. The topological polar surface area (TPSA) is 75.3 Å². The number of nitrogens with two attached hydrogens (primary N) is 1. The number of halogens is 4. The van der Waals surface area contributed by atoms with Gasteiger partial charge in [0.25, 0.3) is 0 Å². The molecule has 26 heavy (non-hydrogen) atoms.